The summed E-state index contributed by atoms with van der Waals surface area (Å²) >= 11 is 0. The predicted molar refractivity (Wildman–Crippen MR) is 183 cm³/mol. The zero-order valence-electron chi connectivity index (χ0n) is 28.1. The molecule has 3 aromatic carbocycles. The van der Waals surface area contributed by atoms with Crippen molar-refractivity contribution >= 4 is 23.0 Å². The number of hydrogen-bond donors (Lipinski definition) is 1. The number of carbonyl (C=O) groups is 2. The topological polar surface area (TPSA) is 140 Å². The maximum absolute atomic E-state index is 12.6. The standard InChI is InChI=1S/C38H38N6O5/c1-22-27(7-5-9-29(22)36-41-32-19-44(20-33(32)48-36)34(45)21-42(3)4)28-8-6-10-30(23(28)2)37-40-31-16-24(15-26(17-39)35(31)49-37)18-43-13-11-25(12-14-43)38(46)47/h5-10,15-16,25H,11-14,18-21H2,1-4H3,(H,46,47). The zero-order valence-corrected chi connectivity index (χ0v) is 28.1. The number of likely N-dealkylation sites (N-methyl/N-ethyl adjacent to an activating group) is 1. The smallest absolute Gasteiger partial charge is 0.306 e. The van der Waals surface area contributed by atoms with Crippen LogP contribution in [-0.4, -0.2) is 75.4 Å². The number of carboxylic acid groups (broad SMARTS) is 1. The van der Waals surface area contributed by atoms with Gasteiger partial charge in [-0.3, -0.25) is 14.5 Å². The molecule has 11 heteroatoms. The van der Waals surface area contributed by atoms with E-state index >= 15 is 0 Å². The molecular weight excluding hydrogens is 620 g/mol. The van der Waals surface area contributed by atoms with E-state index in [1.54, 1.807) is 4.90 Å². The summed E-state index contributed by atoms with van der Waals surface area (Å²) in [6.07, 6.45) is 1.24. The van der Waals surface area contributed by atoms with Gasteiger partial charge in [-0.25, -0.2) is 9.97 Å². The van der Waals surface area contributed by atoms with Crippen molar-refractivity contribution in [3.8, 4) is 40.1 Å². The van der Waals surface area contributed by atoms with Crippen molar-refractivity contribution in [3.05, 3.63) is 82.2 Å². The van der Waals surface area contributed by atoms with Crippen LogP contribution < -0.4 is 0 Å². The number of likely N-dealkylation sites (tertiary alicyclic amines) is 1. The molecule has 4 heterocycles. The summed E-state index contributed by atoms with van der Waals surface area (Å²) in [5, 5.41) is 19.3. The van der Waals surface area contributed by atoms with Gasteiger partial charge in [-0.2, -0.15) is 5.26 Å². The monoisotopic (exact) mass is 658 g/mol. The molecule has 0 saturated carbocycles. The third-order valence-electron chi connectivity index (χ3n) is 9.69. The fourth-order valence-electron chi connectivity index (χ4n) is 7.00. The van der Waals surface area contributed by atoms with Crippen molar-refractivity contribution in [1.29, 1.82) is 5.26 Å². The van der Waals surface area contributed by atoms with E-state index in [1.807, 2.05) is 62.3 Å². The molecule has 2 aliphatic heterocycles. The van der Waals surface area contributed by atoms with Crippen LogP contribution in [0.2, 0.25) is 0 Å². The molecule has 0 atom stereocenters. The highest BCUT2D eigenvalue weighted by Crippen LogP contribution is 2.39. The number of hydrogen-bond acceptors (Lipinski definition) is 9. The van der Waals surface area contributed by atoms with E-state index in [1.165, 1.54) is 0 Å². The lowest BCUT2D eigenvalue weighted by molar-refractivity contribution is -0.143. The van der Waals surface area contributed by atoms with Crippen molar-refractivity contribution in [2.45, 2.75) is 46.3 Å². The Morgan fingerprint density at radius 1 is 0.939 bits per heavy atom. The summed E-state index contributed by atoms with van der Waals surface area (Å²) in [4.78, 5) is 39.4. The van der Waals surface area contributed by atoms with Gasteiger partial charge >= 0.3 is 5.97 Å². The van der Waals surface area contributed by atoms with Gasteiger partial charge in [0.1, 0.15) is 23.0 Å². The second kappa shape index (κ2) is 13.0. The minimum Gasteiger partial charge on any atom is -0.481 e. The van der Waals surface area contributed by atoms with Crippen molar-refractivity contribution in [2.75, 3.05) is 33.7 Å². The minimum absolute atomic E-state index is 0.0474. The van der Waals surface area contributed by atoms with Crippen LogP contribution in [-0.2, 0) is 29.2 Å². The molecule has 0 aliphatic carbocycles. The summed E-state index contributed by atoms with van der Waals surface area (Å²) < 4.78 is 12.5. The van der Waals surface area contributed by atoms with Gasteiger partial charge in [0.2, 0.25) is 17.7 Å². The molecule has 1 saturated heterocycles. The molecule has 2 aromatic heterocycles. The molecule has 0 bridgehead atoms. The quantitative estimate of drug-likeness (QED) is 0.211. The van der Waals surface area contributed by atoms with Crippen molar-refractivity contribution < 1.29 is 23.5 Å². The van der Waals surface area contributed by atoms with Crippen LogP contribution in [0.15, 0.2) is 57.4 Å². The Bertz CT molecular complexity index is 2110. The normalized spacial score (nSPS) is 15.2. The number of carbonyl (C=O) groups excluding carboxylic acids is 1. The van der Waals surface area contributed by atoms with Gasteiger partial charge in [-0.05, 0) is 106 Å². The highest BCUT2D eigenvalue weighted by atomic mass is 16.4. The summed E-state index contributed by atoms with van der Waals surface area (Å²) in [5.41, 5.74) is 9.01. The molecule has 1 amide bonds. The van der Waals surface area contributed by atoms with Crippen LogP contribution >= 0.6 is 0 Å². The van der Waals surface area contributed by atoms with E-state index in [9.17, 15) is 20.0 Å². The first-order valence-electron chi connectivity index (χ1n) is 16.5. The third-order valence-corrected chi connectivity index (χ3v) is 9.69. The van der Waals surface area contributed by atoms with E-state index in [4.69, 9.17) is 18.8 Å². The number of nitrogens with zero attached hydrogens (tertiary/aromatic N) is 6. The molecule has 11 nitrogen and oxygen atoms in total. The highest BCUT2D eigenvalue weighted by Gasteiger charge is 2.30. The number of aliphatic carboxylic acids is 1. The molecule has 0 radical (unpaired) electrons. The number of rotatable bonds is 8. The molecular formula is C38H38N6O5. The fraction of sp³-hybridized carbons (Fsp3) is 0.342. The number of amides is 1. The molecule has 49 heavy (non-hydrogen) atoms. The van der Waals surface area contributed by atoms with Gasteiger partial charge in [-0.1, -0.05) is 24.3 Å². The number of aromatic nitrogens is 2. The Morgan fingerprint density at radius 3 is 2.16 bits per heavy atom. The van der Waals surface area contributed by atoms with Crippen LogP contribution in [0.3, 0.4) is 0 Å². The second-order valence-electron chi connectivity index (χ2n) is 13.3. The average molecular weight is 659 g/mol. The van der Waals surface area contributed by atoms with E-state index in [0.29, 0.717) is 80.6 Å². The maximum atomic E-state index is 12.6. The zero-order chi connectivity index (χ0) is 34.4. The SMILES string of the molecule is Cc1c(-c2nc3c(o2)CN(C(=O)CN(C)C)C3)cccc1-c1cccc(-c2nc3cc(CN4CCC(C(=O)O)CC4)cc(C#N)c3o2)c1C. The van der Waals surface area contributed by atoms with E-state index < -0.39 is 5.97 Å². The van der Waals surface area contributed by atoms with Crippen LogP contribution in [0.25, 0.3) is 45.1 Å². The lowest BCUT2D eigenvalue weighted by atomic mass is 9.91. The molecule has 2 aliphatic rings. The first kappa shape index (κ1) is 32.2. The van der Waals surface area contributed by atoms with Crippen molar-refractivity contribution in [1.82, 2.24) is 24.7 Å². The average Bonchev–Trinajstić information content (AvgIpc) is 3.79. The molecule has 250 valence electrons. The van der Waals surface area contributed by atoms with E-state index in [-0.39, 0.29) is 11.8 Å². The molecule has 0 spiro atoms. The van der Waals surface area contributed by atoms with Gasteiger partial charge in [0.15, 0.2) is 5.58 Å². The van der Waals surface area contributed by atoms with Crippen LogP contribution in [0.4, 0.5) is 0 Å². The third kappa shape index (κ3) is 6.21. The number of piperidine rings is 1. The summed E-state index contributed by atoms with van der Waals surface area (Å²) in [5.74, 6) is 0.733. The van der Waals surface area contributed by atoms with Crippen LogP contribution in [0.5, 0.6) is 0 Å². The minimum atomic E-state index is -0.731. The van der Waals surface area contributed by atoms with Gasteiger partial charge in [-0.15, -0.1) is 0 Å². The Kier molecular flexibility index (Phi) is 8.52. The second-order valence-corrected chi connectivity index (χ2v) is 13.3. The number of benzene rings is 3. The Balaban J connectivity index is 1.15. The summed E-state index contributed by atoms with van der Waals surface area (Å²) in [6, 6.07) is 18.2. The van der Waals surface area contributed by atoms with Crippen molar-refractivity contribution in [2.24, 2.45) is 5.92 Å². The number of fused-ring (bicyclic) bond motifs is 2. The molecule has 5 aromatic rings. The lowest BCUT2D eigenvalue weighted by Gasteiger charge is -2.30. The summed E-state index contributed by atoms with van der Waals surface area (Å²) in [7, 11) is 3.75. The maximum Gasteiger partial charge on any atom is 0.306 e. The first-order chi connectivity index (χ1) is 23.6. The van der Waals surface area contributed by atoms with Gasteiger partial charge in [0.05, 0.1) is 31.1 Å². The Labute approximate surface area is 284 Å². The van der Waals surface area contributed by atoms with E-state index in [2.05, 4.69) is 30.0 Å². The van der Waals surface area contributed by atoms with Crippen molar-refractivity contribution in [3.63, 3.8) is 0 Å². The van der Waals surface area contributed by atoms with Gasteiger partial charge in [0, 0.05) is 17.7 Å². The molecule has 1 fully saturated rings. The summed E-state index contributed by atoms with van der Waals surface area (Å²) in [6.45, 7) is 7.31. The molecule has 1 N–H and O–H groups in total. The Hall–Kier alpha value is -5.31. The number of oxazole rings is 2. The lowest BCUT2D eigenvalue weighted by Crippen LogP contribution is -2.35. The largest absolute Gasteiger partial charge is 0.481 e. The number of nitriles is 1. The fourth-order valence-corrected chi connectivity index (χ4v) is 7.00. The number of carboxylic acids is 1. The van der Waals surface area contributed by atoms with Crippen LogP contribution in [0, 0.1) is 31.1 Å². The van der Waals surface area contributed by atoms with E-state index in [0.717, 1.165) is 50.4 Å². The molecule has 7 rings (SSSR count). The Morgan fingerprint density at radius 2 is 1.57 bits per heavy atom. The van der Waals surface area contributed by atoms with Gasteiger partial charge in [0.25, 0.3) is 0 Å². The predicted octanol–water partition coefficient (Wildman–Crippen LogP) is 6.01. The van der Waals surface area contributed by atoms with Gasteiger partial charge < -0.3 is 23.7 Å². The van der Waals surface area contributed by atoms with Crippen LogP contribution in [0.1, 0.15) is 46.5 Å². The first-order valence-corrected chi connectivity index (χ1v) is 16.5. The molecule has 0 unspecified atom stereocenters. The highest BCUT2D eigenvalue weighted by molar-refractivity contribution is 5.85.